The fourth-order valence-electron chi connectivity index (χ4n) is 1.67. The van der Waals surface area contributed by atoms with Crippen LogP contribution in [-0.4, -0.2) is 32.3 Å². The van der Waals surface area contributed by atoms with Gasteiger partial charge in [-0.3, -0.25) is 25.1 Å². The number of amides is 2. The largest absolute Gasteiger partial charge is 0.273 e. The number of hydrazine groups is 1. The predicted octanol–water partition coefficient (Wildman–Crippen LogP) is 1.65. The molecule has 0 fully saturated rings. The fourth-order valence-corrected chi connectivity index (χ4v) is 2.49. The van der Waals surface area contributed by atoms with Crippen molar-refractivity contribution in [3.63, 3.8) is 0 Å². The Bertz CT molecular complexity index is 633. The van der Waals surface area contributed by atoms with Crippen molar-refractivity contribution in [2.45, 2.75) is 24.3 Å². The van der Waals surface area contributed by atoms with Crippen LogP contribution in [0.2, 0.25) is 5.02 Å². The molecule has 1 aromatic carbocycles. The molecule has 2 aromatic rings. The quantitative estimate of drug-likeness (QED) is 0.583. The Morgan fingerprint density at radius 1 is 1.17 bits per heavy atom. The van der Waals surface area contributed by atoms with E-state index in [4.69, 9.17) is 11.6 Å². The maximum Gasteiger partial charge on any atom is 0.248 e. The van der Waals surface area contributed by atoms with E-state index < -0.39 is 0 Å². The van der Waals surface area contributed by atoms with Crippen LogP contribution in [-0.2, 0) is 16.1 Å². The maximum atomic E-state index is 11.7. The van der Waals surface area contributed by atoms with Crippen LogP contribution in [0.15, 0.2) is 41.8 Å². The molecule has 23 heavy (non-hydrogen) atoms. The summed E-state index contributed by atoms with van der Waals surface area (Å²) in [5.74, 6) is -0.300. The number of thioether (sulfide) groups is 1. The van der Waals surface area contributed by atoms with Crippen molar-refractivity contribution >= 4 is 35.2 Å². The summed E-state index contributed by atoms with van der Waals surface area (Å²) in [4.78, 5) is 28.0. The van der Waals surface area contributed by atoms with E-state index in [-0.39, 0.29) is 17.6 Å². The molecule has 0 aliphatic carbocycles. The van der Waals surface area contributed by atoms with Gasteiger partial charge in [0.2, 0.25) is 11.8 Å². The first kappa shape index (κ1) is 17.3. The monoisotopic (exact) mass is 353 g/mol. The summed E-state index contributed by atoms with van der Waals surface area (Å²) in [6.45, 7) is 0.605. The number of hydrogen-bond acceptors (Lipinski definition) is 5. The minimum absolute atomic E-state index is 0.209. The zero-order chi connectivity index (χ0) is 16.5. The molecule has 0 aliphatic rings. The molecule has 0 bridgehead atoms. The number of benzene rings is 1. The summed E-state index contributed by atoms with van der Waals surface area (Å²) >= 11 is 7.15. The first-order valence-corrected chi connectivity index (χ1v) is 8.28. The van der Waals surface area contributed by atoms with E-state index in [9.17, 15) is 9.59 Å². The Balaban J connectivity index is 1.58. The van der Waals surface area contributed by atoms with Gasteiger partial charge < -0.3 is 0 Å². The highest BCUT2D eigenvalue weighted by Gasteiger charge is 2.06. The Kier molecular flexibility index (Phi) is 6.89. The van der Waals surface area contributed by atoms with Crippen molar-refractivity contribution < 1.29 is 9.59 Å². The summed E-state index contributed by atoms with van der Waals surface area (Å²) in [6, 6.07) is 7.20. The minimum Gasteiger partial charge on any atom is -0.273 e. The van der Waals surface area contributed by atoms with Crippen molar-refractivity contribution in [1.29, 1.82) is 0 Å². The second-order valence-electron chi connectivity index (χ2n) is 4.60. The minimum atomic E-state index is -0.269. The Morgan fingerprint density at radius 3 is 2.61 bits per heavy atom. The summed E-state index contributed by atoms with van der Waals surface area (Å²) in [7, 11) is 0. The van der Waals surface area contributed by atoms with E-state index >= 15 is 0 Å². The van der Waals surface area contributed by atoms with E-state index in [2.05, 4.69) is 20.9 Å². The second kappa shape index (κ2) is 9.16. The van der Waals surface area contributed by atoms with Crippen LogP contribution >= 0.6 is 23.4 Å². The molecular weight excluding hydrogens is 338 g/mol. The van der Waals surface area contributed by atoms with Gasteiger partial charge in [-0.05, 0) is 30.7 Å². The molecule has 9 heteroatoms. The van der Waals surface area contributed by atoms with Crippen molar-refractivity contribution in [3.8, 4) is 0 Å². The molecule has 0 radical (unpaired) electrons. The van der Waals surface area contributed by atoms with Gasteiger partial charge in [0.1, 0.15) is 12.7 Å². The average molecular weight is 354 g/mol. The number of aryl methyl sites for hydroxylation is 1. The van der Waals surface area contributed by atoms with Gasteiger partial charge in [-0.15, -0.1) is 11.8 Å². The Labute approximate surface area is 142 Å². The highest BCUT2D eigenvalue weighted by atomic mass is 35.5. The van der Waals surface area contributed by atoms with Gasteiger partial charge in [-0.25, -0.2) is 4.98 Å². The number of nitrogens with zero attached hydrogens (tertiary/aromatic N) is 3. The van der Waals surface area contributed by atoms with Crippen LogP contribution < -0.4 is 10.9 Å². The molecule has 0 saturated carbocycles. The maximum absolute atomic E-state index is 11.7. The first-order chi connectivity index (χ1) is 11.1. The average Bonchev–Trinajstić information content (AvgIpc) is 3.06. The Morgan fingerprint density at radius 2 is 1.91 bits per heavy atom. The molecule has 122 valence electrons. The van der Waals surface area contributed by atoms with Gasteiger partial charge in [0.25, 0.3) is 0 Å². The first-order valence-electron chi connectivity index (χ1n) is 6.92. The SMILES string of the molecule is O=C(CCCn1cncn1)NNC(=O)CSc1ccc(Cl)cc1. The molecule has 2 amide bonds. The zero-order valence-corrected chi connectivity index (χ0v) is 13.8. The third kappa shape index (κ3) is 6.70. The second-order valence-corrected chi connectivity index (χ2v) is 6.09. The number of aromatic nitrogens is 3. The summed E-state index contributed by atoms with van der Waals surface area (Å²) in [6.07, 6.45) is 3.95. The van der Waals surface area contributed by atoms with Crippen LogP contribution in [0.4, 0.5) is 0 Å². The van der Waals surface area contributed by atoms with E-state index in [0.717, 1.165) is 4.90 Å². The molecule has 0 unspecified atom stereocenters. The lowest BCUT2D eigenvalue weighted by Crippen LogP contribution is -2.42. The van der Waals surface area contributed by atoms with Gasteiger partial charge in [-0.2, -0.15) is 5.10 Å². The molecule has 2 N–H and O–H groups in total. The van der Waals surface area contributed by atoms with Crippen LogP contribution in [0.5, 0.6) is 0 Å². The van der Waals surface area contributed by atoms with Crippen LogP contribution in [0.3, 0.4) is 0 Å². The number of rotatable bonds is 7. The summed E-state index contributed by atoms with van der Waals surface area (Å²) in [5, 5.41) is 4.59. The predicted molar refractivity (Wildman–Crippen MR) is 87.7 cm³/mol. The van der Waals surface area contributed by atoms with Crippen molar-refractivity contribution in [1.82, 2.24) is 25.6 Å². The normalized spacial score (nSPS) is 10.3. The molecular formula is C14H16ClN5O2S. The van der Waals surface area contributed by atoms with Gasteiger partial charge >= 0.3 is 0 Å². The smallest absolute Gasteiger partial charge is 0.248 e. The number of carbonyl (C=O) groups excluding carboxylic acids is 2. The summed E-state index contributed by atoms with van der Waals surface area (Å²) in [5.41, 5.74) is 4.78. The zero-order valence-electron chi connectivity index (χ0n) is 12.2. The van der Waals surface area contributed by atoms with E-state index in [1.807, 2.05) is 12.1 Å². The van der Waals surface area contributed by atoms with E-state index in [1.165, 1.54) is 18.1 Å². The summed E-state index contributed by atoms with van der Waals surface area (Å²) < 4.78 is 1.65. The highest BCUT2D eigenvalue weighted by Crippen LogP contribution is 2.19. The molecule has 2 rings (SSSR count). The van der Waals surface area contributed by atoms with E-state index in [1.54, 1.807) is 23.1 Å². The third-order valence-electron chi connectivity index (χ3n) is 2.78. The molecule has 1 heterocycles. The van der Waals surface area contributed by atoms with Gasteiger partial charge in [0, 0.05) is 22.9 Å². The molecule has 7 nitrogen and oxygen atoms in total. The topological polar surface area (TPSA) is 88.9 Å². The lowest BCUT2D eigenvalue weighted by atomic mass is 10.3. The van der Waals surface area contributed by atoms with Gasteiger partial charge in [0.15, 0.2) is 0 Å². The van der Waals surface area contributed by atoms with Crippen molar-refractivity contribution in [3.05, 3.63) is 41.9 Å². The molecule has 1 aromatic heterocycles. The molecule has 0 saturated heterocycles. The lowest BCUT2D eigenvalue weighted by Gasteiger charge is -2.07. The fraction of sp³-hybridized carbons (Fsp3) is 0.286. The molecule has 0 aliphatic heterocycles. The van der Waals surface area contributed by atoms with Gasteiger partial charge in [-0.1, -0.05) is 11.6 Å². The van der Waals surface area contributed by atoms with E-state index in [0.29, 0.717) is 24.4 Å². The third-order valence-corrected chi connectivity index (χ3v) is 4.05. The standard InChI is InChI=1S/C14H16ClN5O2S/c15-11-3-5-12(6-4-11)23-8-14(22)19-18-13(21)2-1-7-20-10-16-9-17-20/h3-6,9-10H,1-2,7-8H2,(H,18,21)(H,19,22). The molecule has 0 spiro atoms. The lowest BCUT2D eigenvalue weighted by molar-refractivity contribution is -0.127. The number of carbonyl (C=O) groups is 2. The van der Waals surface area contributed by atoms with Crippen LogP contribution in [0.1, 0.15) is 12.8 Å². The highest BCUT2D eigenvalue weighted by molar-refractivity contribution is 8.00. The Hall–Kier alpha value is -2.06. The van der Waals surface area contributed by atoms with Crippen LogP contribution in [0, 0.1) is 0 Å². The van der Waals surface area contributed by atoms with Crippen molar-refractivity contribution in [2.24, 2.45) is 0 Å². The van der Waals surface area contributed by atoms with Gasteiger partial charge in [0.05, 0.1) is 5.75 Å². The van der Waals surface area contributed by atoms with Crippen LogP contribution in [0.25, 0.3) is 0 Å². The number of halogens is 1. The van der Waals surface area contributed by atoms with Crippen molar-refractivity contribution in [2.75, 3.05) is 5.75 Å². The number of hydrogen-bond donors (Lipinski definition) is 2. The molecule has 0 atom stereocenters. The number of nitrogens with one attached hydrogen (secondary N) is 2.